The summed E-state index contributed by atoms with van der Waals surface area (Å²) in [5, 5.41) is 5.50. The lowest BCUT2D eigenvalue weighted by atomic mass is 10.1. The van der Waals surface area contributed by atoms with Gasteiger partial charge in [0.25, 0.3) is 0 Å². The second-order valence-electron chi connectivity index (χ2n) is 7.37. The molecule has 1 aromatic heterocycles. The van der Waals surface area contributed by atoms with Gasteiger partial charge in [0.2, 0.25) is 5.91 Å². The van der Waals surface area contributed by atoms with Gasteiger partial charge in [-0.25, -0.2) is 9.59 Å². The molecule has 1 aliphatic carbocycles. The first-order valence-corrected chi connectivity index (χ1v) is 8.43. The first kappa shape index (κ1) is 19.7. The maximum Gasteiger partial charge on any atom is 0.408 e. The standard InChI is InChI=1S/C18H25N3O5/c1-11(13-7-6-12(10-19-13)14(22)25-5)20-15(23)18(8-9-18)21-16(24)26-17(2,3)4/h6-7,10-11H,8-9H2,1-5H3,(H,20,23)(H,21,24). The van der Waals surface area contributed by atoms with Crippen LogP contribution in [0, 0.1) is 0 Å². The molecule has 2 N–H and O–H groups in total. The number of methoxy groups -OCH3 is 1. The highest BCUT2D eigenvalue weighted by molar-refractivity contribution is 5.93. The van der Waals surface area contributed by atoms with Gasteiger partial charge in [-0.15, -0.1) is 0 Å². The Morgan fingerprint density at radius 3 is 2.35 bits per heavy atom. The summed E-state index contributed by atoms with van der Waals surface area (Å²) in [6, 6.07) is 2.85. The smallest absolute Gasteiger partial charge is 0.408 e. The lowest BCUT2D eigenvalue weighted by Gasteiger charge is -2.24. The van der Waals surface area contributed by atoms with E-state index in [4.69, 9.17) is 4.74 Å². The molecule has 2 rings (SSSR count). The largest absolute Gasteiger partial charge is 0.465 e. The van der Waals surface area contributed by atoms with E-state index in [0.29, 0.717) is 24.1 Å². The quantitative estimate of drug-likeness (QED) is 0.776. The normalized spacial score (nSPS) is 16.2. The van der Waals surface area contributed by atoms with Crippen LogP contribution in [0.5, 0.6) is 0 Å². The van der Waals surface area contributed by atoms with Gasteiger partial charge in [0.15, 0.2) is 0 Å². The third-order valence-electron chi connectivity index (χ3n) is 3.92. The van der Waals surface area contributed by atoms with E-state index < -0.39 is 23.2 Å². The van der Waals surface area contributed by atoms with Gasteiger partial charge < -0.3 is 20.1 Å². The summed E-state index contributed by atoms with van der Waals surface area (Å²) in [5.41, 5.74) is -0.628. The lowest BCUT2D eigenvalue weighted by Crippen LogP contribution is -2.50. The summed E-state index contributed by atoms with van der Waals surface area (Å²) >= 11 is 0. The molecule has 0 spiro atoms. The monoisotopic (exact) mass is 363 g/mol. The molecule has 26 heavy (non-hydrogen) atoms. The van der Waals surface area contributed by atoms with Crippen molar-refractivity contribution in [2.24, 2.45) is 0 Å². The molecule has 1 fully saturated rings. The second-order valence-corrected chi connectivity index (χ2v) is 7.37. The van der Waals surface area contributed by atoms with Crippen molar-refractivity contribution in [3.05, 3.63) is 29.6 Å². The molecule has 8 nitrogen and oxygen atoms in total. The Balaban J connectivity index is 1.96. The van der Waals surface area contributed by atoms with Crippen molar-refractivity contribution in [3.63, 3.8) is 0 Å². The van der Waals surface area contributed by atoms with E-state index in [-0.39, 0.29) is 11.9 Å². The van der Waals surface area contributed by atoms with E-state index in [2.05, 4.69) is 20.4 Å². The molecule has 142 valence electrons. The summed E-state index contributed by atoms with van der Waals surface area (Å²) in [6.45, 7) is 7.06. The van der Waals surface area contributed by atoms with Crippen LogP contribution in [0.1, 0.15) is 62.6 Å². The van der Waals surface area contributed by atoms with E-state index >= 15 is 0 Å². The van der Waals surface area contributed by atoms with E-state index in [9.17, 15) is 14.4 Å². The summed E-state index contributed by atoms with van der Waals surface area (Å²) in [6.07, 6.45) is 1.90. The van der Waals surface area contributed by atoms with Crippen molar-refractivity contribution in [2.75, 3.05) is 7.11 Å². The Labute approximate surface area is 152 Å². The number of carbonyl (C=O) groups is 3. The SMILES string of the molecule is COC(=O)c1ccc(C(C)NC(=O)C2(NC(=O)OC(C)(C)C)CC2)nc1. The minimum Gasteiger partial charge on any atom is -0.465 e. The summed E-state index contributed by atoms with van der Waals surface area (Å²) in [7, 11) is 1.30. The van der Waals surface area contributed by atoms with Crippen LogP contribution in [0.3, 0.4) is 0 Å². The maximum atomic E-state index is 12.6. The van der Waals surface area contributed by atoms with Gasteiger partial charge in [0.05, 0.1) is 24.4 Å². The molecule has 0 saturated heterocycles. The predicted molar refractivity (Wildman–Crippen MR) is 93.5 cm³/mol. The number of nitrogens with one attached hydrogen (secondary N) is 2. The van der Waals surface area contributed by atoms with Gasteiger partial charge in [0, 0.05) is 6.20 Å². The van der Waals surface area contributed by atoms with Gasteiger partial charge in [-0.1, -0.05) is 0 Å². The fraction of sp³-hybridized carbons (Fsp3) is 0.556. The maximum absolute atomic E-state index is 12.6. The number of amides is 2. The molecule has 1 aliphatic rings. The molecule has 2 amide bonds. The van der Waals surface area contributed by atoms with Crippen LogP contribution in [0.4, 0.5) is 4.79 Å². The molecular formula is C18H25N3O5. The number of alkyl carbamates (subject to hydrolysis) is 1. The number of nitrogens with zero attached hydrogens (tertiary/aromatic N) is 1. The average Bonchev–Trinajstić information content (AvgIpc) is 3.33. The number of carbonyl (C=O) groups excluding carboxylic acids is 3. The molecule has 1 heterocycles. The zero-order chi connectivity index (χ0) is 19.5. The molecule has 0 bridgehead atoms. The molecule has 8 heteroatoms. The van der Waals surface area contributed by atoms with E-state index in [1.54, 1.807) is 39.8 Å². The zero-order valence-corrected chi connectivity index (χ0v) is 15.7. The molecule has 1 atom stereocenters. The highest BCUT2D eigenvalue weighted by atomic mass is 16.6. The predicted octanol–water partition coefficient (Wildman–Crippen LogP) is 2.10. The first-order chi connectivity index (χ1) is 12.1. The summed E-state index contributed by atoms with van der Waals surface area (Å²) < 4.78 is 9.84. The minimum atomic E-state index is -0.928. The Bertz CT molecular complexity index is 690. The van der Waals surface area contributed by atoms with Gasteiger partial charge in [-0.2, -0.15) is 0 Å². The third-order valence-corrected chi connectivity index (χ3v) is 3.92. The first-order valence-electron chi connectivity index (χ1n) is 8.43. The van der Waals surface area contributed by atoms with Crippen molar-refractivity contribution in [1.29, 1.82) is 0 Å². The molecule has 0 aliphatic heterocycles. The fourth-order valence-electron chi connectivity index (χ4n) is 2.34. The van der Waals surface area contributed by atoms with Crippen molar-refractivity contribution in [3.8, 4) is 0 Å². The van der Waals surface area contributed by atoms with Crippen LogP contribution in [0.2, 0.25) is 0 Å². The summed E-state index contributed by atoms with van der Waals surface area (Å²) in [4.78, 5) is 40.1. The van der Waals surface area contributed by atoms with Crippen molar-refractivity contribution in [1.82, 2.24) is 15.6 Å². The molecule has 1 unspecified atom stereocenters. The summed E-state index contributed by atoms with van der Waals surface area (Å²) in [5.74, 6) is -0.756. The molecule has 1 aromatic rings. The second kappa shape index (κ2) is 7.31. The van der Waals surface area contributed by atoms with Gasteiger partial charge in [-0.3, -0.25) is 9.78 Å². The van der Waals surface area contributed by atoms with Crippen LogP contribution in [0.25, 0.3) is 0 Å². The van der Waals surface area contributed by atoms with Gasteiger partial charge in [0.1, 0.15) is 11.1 Å². The number of hydrogen-bond donors (Lipinski definition) is 2. The van der Waals surface area contributed by atoms with Crippen LogP contribution < -0.4 is 10.6 Å². The molecular weight excluding hydrogens is 338 g/mol. The van der Waals surface area contributed by atoms with E-state index in [1.807, 2.05) is 0 Å². The highest BCUT2D eigenvalue weighted by Crippen LogP contribution is 2.36. The number of aromatic nitrogens is 1. The topological polar surface area (TPSA) is 107 Å². The third kappa shape index (κ3) is 4.93. The molecule has 0 aromatic carbocycles. The van der Waals surface area contributed by atoms with E-state index in [1.165, 1.54) is 13.3 Å². The van der Waals surface area contributed by atoms with Gasteiger partial charge >= 0.3 is 12.1 Å². The lowest BCUT2D eigenvalue weighted by molar-refractivity contribution is -0.124. The number of rotatable bonds is 5. The Hall–Kier alpha value is -2.64. The van der Waals surface area contributed by atoms with Crippen LogP contribution in [-0.2, 0) is 14.3 Å². The number of hydrogen-bond acceptors (Lipinski definition) is 6. The Morgan fingerprint density at radius 2 is 1.88 bits per heavy atom. The zero-order valence-electron chi connectivity index (χ0n) is 15.7. The van der Waals surface area contributed by atoms with Crippen LogP contribution >= 0.6 is 0 Å². The minimum absolute atomic E-state index is 0.283. The highest BCUT2D eigenvalue weighted by Gasteiger charge is 2.52. The number of esters is 1. The van der Waals surface area contributed by atoms with Crippen LogP contribution in [-0.4, -0.2) is 41.2 Å². The molecule has 1 saturated carbocycles. The molecule has 0 radical (unpaired) electrons. The Kier molecular flexibility index (Phi) is 5.53. The van der Waals surface area contributed by atoms with Gasteiger partial charge in [-0.05, 0) is 52.7 Å². The van der Waals surface area contributed by atoms with E-state index in [0.717, 1.165) is 0 Å². The number of pyridine rings is 1. The fourth-order valence-corrected chi connectivity index (χ4v) is 2.34. The number of ether oxygens (including phenoxy) is 2. The van der Waals surface area contributed by atoms with Crippen molar-refractivity contribution >= 4 is 18.0 Å². The van der Waals surface area contributed by atoms with Crippen molar-refractivity contribution < 1.29 is 23.9 Å². The Morgan fingerprint density at radius 1 is 1.23 bits per heavy atom. The van der Waals surface area contributed by atoms with Crippen molar-refractivity contribution in [2.45, 2.75) is 57.7 Å². The van der Waals surface area contributed by atoms with Crippen LogP contribution in [0.15, 0.2) is 18.3 Å². The average molecular weight is 363 g/mol.